The molecule has 0 spiro atoms. The van der Waals surface area contributed by atoms with Gasteiger partial charge >= 0.3 is 0 Å². The number of nitro benzene ring substituents is 1. The smallest absolute Gasteiger partial charge is 0.284 e. The van der Waals surface area contributed by atoms with Crippen molar-refractivity contribution in [3.05, 3.63) is 38.3 Å². The van der Waals surface area contributed by atoms with Crippen LogP contribution in [0.3, 0.4) is 0 Å². The van der Waals surface area contributed by atoms with Crippen LogP contribution in [0.2, 0.25) is 0 Å². The predicted molar refractivity (Wildman–Crippen MR) is 79.7 cm³/mol. The summed E-state index contributed by atoms with van der Waals surface area (Å²) in [7, 11) is 0. The van der Waals surface area contributed by atoms with Crippen molar-refractivity contribution in [3.63, 3.8) is 0 Å². The van der Waals surface area contributed by atoms with Crippen LogP contribution in [0.4, 0.5) is 5.69 Å². The molecule has 5 nitrogen and oxygen atoms in total. The highest BCUT2D eigenvalue weighted by atomic mass is 79.9. The average Bonchev–Trinajstić information content (AvgIpc) is 2.47. The zero-order valence-electron chi connectivity index (χ0n) is 11.3. The molecule has 1 fully saturated rings. The summed E-state index contributed by atoms with van der Waals surface area (Å²) in [6, 6.07) is 4.54. The van der Waals surface area contributed by atoms with Crippen molar-refractivity contribution in [1.82, 2.24) is 4.90 Å². The summed E-state index contributed by atoms with van der Waals surface area (Å²) >= 11 is 3.13. The van der Waals surface area contributed by atoms with Crippen molar-refractivity contribution in [2.45, 2.75) is 26.2 Å². The summed E-state index contributed by atoms with van der Waals surface area (Å²) in [6.07, 6.45) is 3.17. The van der Waals surface area contributed by atoms with Crippen molar-refractivity contribution < 1.29 is 9.72 Å². The van der Waals surface area contributed by atoms with Crippen LogP contribution in [0.15, 0.2) is 22.7 Å². The number of carbonyl (C=O) groups is 1. The number of hydrogen-bond acceptors (Lipinski definition) is 3. The lowest BCUT2D eigenvalue weighted by molar-refractivity contribution is -0.385. The van der Waals surface area contributed by atoms with Gasteiger partial charge in [0.1, 0.15) is 0 Å². The Morgan fingerprint density at radius 1 is 1.45 bits per heavy atom. The van der Waals surface area contributed by atoms with Crippen molar-refractivity contribution in [1.29, 1.82) is 0 Å². The zero-order valence-corrected chi connectivity index (χ0v) is 12.9. The van der Waals surface area contributed by atoms with E-state index in [1.54, 1.807) is 17.0 Å². The van der Waals surface area contributed by atoms with Crippen LogP contribution in [-0.4, -0.2) is 28.8 Å². The molecule has 0 radical (unpaired) electrons. The summed E-state index contributed by atoms with van der Waals surface area (Å²) in [5.74, 6) is 0.577. The van der Waals surface area contributed by atoms with E-state index < -0.39 is 4.92 Å². The number of benzene rings is 1. The quantitative estimate of drug-likeness (QED) is 0.623. The first-order chi connectivity index (χ1) is 9.52. The Balaban J connectivity index is 2.14. The summed E-state index contributed by atoms with van der Waals surface area (Å²) in [6.45, 7) is 3.64. The minimum atomic E-state index is -0.482. The fourth-order valence-electron chi connectivity index (χ4n) is 2.51. The standard InChI is InChI=1S/C14H17BrN2O3/c1-2-10-5-7-16(8-6-10)14(18)11-3-4-12(15)13(9-11)17(19)20/h3-4,9-10H,2,5-8H2,1H3. The Hall–Kier alpha value is -1.43. The van der Waals surface area contributed by atoms with E-state index in [0.717, 1.165) is 32.4 Å². The molecule has 1 aromatic rings. The Morgan fingerprint density at radius 3 is 2.65 bits per heavy atom. The molecule has 0 N–H and O–H groups in total. The molecular weight excluding hydrogens is 324 g/mol. The van der Waals surface area contributed by atoms with Crippen LogP contribution in [-0.2, 0) is 0 Å². The van der Waals surface area contributed by atoms with Gasteiger partial charge in [-0.25, -0.2) is 0 Å². The van der Waals surface area contributed by atoms with Gasteiger partial charge in [-0.1, -0.05) is 13.3 Å². The zero-order chi connectivity index (χ0) is 14.7. The molecule has 1 amide bonds. The first-order valence-corrected chi connectivity index (χ1v) is 7.55. The van der Waals surface area contributed by atoms with E-state index in [4.69, 9.17) is 0 Å². The Bertz CT molecular complexity index is 525. The number of piperidine rings is 1. The Kier molecular flexibility index (Phi) is 4.75. The summed E-state index contributed by atoms with van der Waals surface area (Å²) in [5, 5.41) is 10.9. The molecule has 6 heteroatoms. The summed E-state index contributed by atoms with van der Waals surface area (Å²) in [5.41, 5.74) is 0.314. The number of halogens is 1. The third-order valence-electron chi connectivity index (χ3n) is 3.87. The van der Waals surface area contributed by atoms with E-state index in [1.807, 2.05) is 0 Å². The lowest BCUT2D eigenvalue weighted by Crippen LogP contribution is -2.38. The topological polar surface area (TPSA) is 63.5 Å². The summed E-state index contributed by atoms with van der Waals surface area (Å²) in [4.78, 5) is 24.6. The molecule has 20 heavy (non-hydrogen) atoms. The van der Waals surface area contributed by atoms with Crippen molar-refractivity contribution in [3.8, 4) is 0 Å². The van der Waals surface area contributed by atoms with Crippen LogP contribution in [0.5, 0.6) is 0 Å². The minimum absolute atomic E-state index is 0.0701. The lowest BCUT2D eigenvalue weighted by atomic mass is 9.94. The molecular formula is C14H17BrN2O3. The molecule has 1 aromatic carbocycles. The number of likely N-dealkylation sites (tertiary alicyclic amines) is 1. The SMILES string of the molecule is CCC1CCN(C(=O)c2ccc(Br)c([N+](=O)[O-])c2)CC1. The van der Waals surface area contributed by atoms with Gasteiger partial charge in [0.25, 0.3) is 11.6 Å². The maximum atomic E-state index is 12.4. The first kappa shape index (κ1) is 15.0. The van der Waals surface area contributed by atoms with Crippen LogP contribution < -0.4 is 0 Å². The first-order valence-electron chi connectivity index (χ1n) is 6.76. The number of nitro groups is 1. The summed E-state index contributed by atoms with van der Waals surface area (Å²) < 4.78 is 0.392. The fourth-order valence-corrected chi connectivity index (χ4v) is 2.90. The van der Waals surface area contributed by atoms with Gasteiger partial charge in [0.2, 0.25) is 0 Å². The van der Waals surface area contributed by atoms with Crippen LogP contribution in [0, 0.1) is 16.0 Å². The van der Waals surface area contributed by atoms with Crippen molar-refractivity contribution >= 4 is 27.5 Å². The van der Waals surface area contributed by atoms with Gasteiger partial charge in [-0.2, -0.15) is 0 Å². The monoisotopic (exact) mass is 340 g/mol. The van der Waals surface area contributed by atoms with Gasteiger partial charge in [-0.05, 0) is 46.8 Å². The molecule has 2 rings (SSSR count). The lowest BCUT2D eigenvalue weighted by Gasteiger charge is -2.31. The number of rotatable bonds is 3. The van der Waals surface area contributed by atoms with Gasteiger partial charge in [0.15, 0.2) is 0 Å². The minimum Gasteiger partial charge on any atom is -0.339 e. The number of hydrogen-bond donors (Lipinski definition) is 0. The second kappa shape index (κ2) is 6.35. The van der Waals surface area contributed by atoms with E-state index in [-0.39, 0.29) is 11.6 Å². The molecule has 108 valence electrons. The number of nitrogens with zero attached hydrogens (tertiary/aromatic N) is 2. The number of carbonyl (C=O) groups excluding carboxylic acids is 1. The average molecular weight is 341 g/mol. The molecule has 1 heterocycles. The van der Waals surface area contributed by atoms with Gasteiger partial charge in [-0.3, -0.25) is 14.9 Å². The highest BCUT2D eigenvalue weighted by Gasteiger charge is 2.24. The Labute approximate surface area is 126 Å². The molecule has 1 aliphatic rings. The molecule has 0 saturated carbocycles. The molecule has 0 aliphatic carbocycles. The van der Waals surface area contributed by atoms with E-state index in [2.05, 4.69) is 22.9 Å². The second-order valence-electron chi connectivity index (χ2n) is 5.07. The van der Waals surface area contributed by atoms with Crippen LogP contribution in [0.25, 0.3) is 0 Å². The second-order valence-corrected chi connectivity index (χ2v) is 5.92. The maximum absolute atomic E-state index is 12.4. The van der Waals surface area contributed by atoms with Gasteiger partial charge in [0, 0.05) is 24.7 Å². The molecule has 0 aromatic heterocycles. The van der Waals surface area contributed by atoms with Gasteiger partial charge < -0.3 is 4.90 Å². The van der Waals surface area contributed by atoms with Gasteiger partial charge in [0.05, 0.1) is 9.40 Å². The third kappa shape index (κ3) is 3.17. The highest BCUT2D eigenvalue weighted by molar-refractivity contribution is 9.10. The van der Waals surface area contributed by atoms with Gasteiger partial charge in [-0.15, -0.1) is 0 Å². The largest absolute Gasteiger partial charge is 0.339 e. The van der Waals surface area contributed by atoms with E-state index in [0.29, 0.717) is 16.0 Å². The van der Waals surface area contributed by atoms with Crippen molar-refractivity contribution in [2.24, 2.45) is 5.92 Å². The number of amides is 1. The molecule has 0 unspecified atom stereocenters. The van der Waals surface area contributed by atoms with Crippen LogP contribution in [0.1, 0.15) is 36.5 Å². The normalized spacial score (nSPS) is 16.2. The van der Waals surface area contributed by atoms with Crippen LogP contribution >= 0.6 is 15.9 Å². The Morgan fingerprint density at radius 2 is 2.10 bits per heavy atom. The molecule has 0 atom stereocenters. The van der Waals surface area contributed by atoms with E-state index >= 15 is 0 Å². The molecule has 1 saturated heterocycles. The van der Waals surface area contributed by atoms with E-state index in [9.17, 15) is 14.9 Å². The van der Waals surface area contributed by atoms with Crippen molar-refractivity contribution in [2.75, 3.05) is 13.1 Å². The third-order valence-corrected chi connectivity index (χ3v) is 4.54. The molecule has 0 bridgehead atoms. The molecule has 1 aliphatic heterocycles. The maximum Gasteiger partial charge on any atom is 0.284 e. The van der Waals surface area contributed by atoms with E-state index in [1.165, 1.54) is 6.07 Å². The fraction of sp³-hybridized carbons (Fsp3) is 0.500. The predicted octanol–water partition coefficient (Wildman–Crippen LogP) is 3.62. The highest BCUT2D eigenvalue weighted by Crippen LogP contribution is 2.27.